The van der Waals surface area contributed by atoms with E-state index < -0.39 is 39.6 Å². The van der Waals surface area contributed by atoms with Crippen LogP contribution in [0, 0.1) is 11.6 Å². The Morgan fingerprint density at radius 1 is 1.00 bits per heavy atom. The molecule has 194 valence electrons. The van der Waals surface area contributed by atoms with E-state index >= 15 is 4.39 Å². The highest BCUT2D eigenvalue weighted by atomic mass is 35.5. The highest BCUT2D eigenvalue weighted by molar-refractivity contribution is 7.92. The van der Waals surface area contributed by atoms with Crippen molar-refractivity contribution in [3.63, 3.8) is 0 Å². The van der Waals surface area contributed by atoms with E-state index in [9.17, 15) is 22.4 Å². The van der Waals surface area contributed by atoms with E-state index in [1.54, 1.807) is 24.3 Å². The molecule has 8 nitrogen and oxygen atoms in total. The number of anilines is 3. The van der Waals surface area contributed by atoms with Crippen molar-refractivity contribution in [2.75, 3.05) is 27.7 Å². The molecular formula is C25H23ClF2N4O4S. The van der Waals surface area contributed by atoms with E-state index in [-0.39, 0.29) is 27.6 Å². The number of nitrogens with one attached hydrogen (secondary N) is 3. The molecule has 4 rings (SSSR count). The summed E-state index contributed by atoms with van der Waals surface area (Å²) in [5.74, 6) is -1.81. The highest BCUT2D eigenvalue weighted by Crippen LogP contribution is 2.33. The van der Waals surface area contributed by atoms with Crippen LogP contribution in [0.1, 0.15) is 12.8 Å². The molecule has 0 aromatic heterocycles. The van der Waals surface area contributed by atoms with Crippen LogP contribution in [0.25, 0.3) is 11.1 Å². The smallest absolute Gasteiger partial charge is 0.319 e. The number of amides is 3. The summed E-state index contributed by atoms with van der Waals surface area (Å²) >= 11 is 5.72. The molecule has 0 radical (unpaired) electrons. The number of urea groups is 1. The molecule has 0 saturated carbocycles. The summed E-state index contributed by atoms with van der Waals surface area (Å²) in [6.07, 6.45) is 1.90. The zero-order valence-corrected chi connectivity index (χ0v) is 21.2. The third kappa shape index (κ3) is 6.36. The number of hydrogen-bond acceptors (Lipinski definition) is 4. The molecule has 1 saturated heterocycles. The van der Waals surface area contributed by atoms with Crippen molar-refractivity contribution in [2.45, 2.75) is 18.9 Å². The van der Waals surface area contributed by atoms with Crippen molar-refractivity contribution in [3.8, 4) is 11.1 Å². The topological polar surface area (TPSA) is 108 Å². The summed E-state index contributed by atoms with van der Waals surface area (Å²) < 4.78 is 55.0. The molecule has 1 aliphatic rings. The number of halogens is 3. The number of carbonyl (C=O) groups is 2. The van der Waals surface area contributed by atoms with Crippen LogP contribution in [0.3, 0.4) is 0 Å². The lowest BCUT2D eigenvalue weighted by Crippen LogP contribution is -2.53. The Labute approximate surface area is 217 Å². The van der Waals surface area contributed by atoms with Gasteiger partial charge >= 0.3 is 6.03 Å². The lowest BCUT2D eigenvalue weighted by molar-refractivity contribution is -0.121. The molecule has 1 aliphatic heterocycles. The Balaban J connectivity index is 1.50. The van der Waals surface area contributed by atoms with Gasteiger partial charge in [0.05, 0.1) is 17.6 Å². The van der Waals surface area contributed by atoms with E-state index in [1.807, 2.05) is 0 Å². The second kappa shape index (κ2) is 10.7. The van der Waals surface area contributed by atoms with Crippen molar-refractivity contribution in [2.24, 2.45) is 0 Å². The van der Waals surface area contributed by atoms with Crippen molar-refractivity contribution < 1.29 is 26.8 Å². The molecule has 1 atom stereocenters. The monoisotopic (exact) mass is 548 g/mol. The van der Waals surface area contributed by atoms with Gasteiger partial charge in [-0.3, -0.25) is 9.52 Å². The van der Waals surface area contributed by atoms with E-state index in [2.05, 4.69) is 15.4 Å². The van der Waals surface area contributed by atoms with Gasteiger partial charge in [-0.15, -0.1) is 0 Å². The summed E-state index contributed by atoms with van der Waals surface area (Å²) in [6.45, 7) is 0.315. The van der Waals surface area contributed by atoms with Gasteiger partial charge in [-0.1, -0.05) is 29.8 Å². The number of carbonyl (C=O) groups excluding carboxylic acids is 2. The van der Waals surface area contributed by atoms with Gasteiger partial charge < -0.3 is 15.5 Å². The van der Waals surface area contributed by atoms with Crippen molar-refractivity contribution >= 4 is 50.6 Å². The van der Waals surface area contributed by atoms with Crippen LogP contribution < -0.4 is 20.3 Å². The Kier molecular flexibility index (Phi) is 7.65. The fraction of sp³-hybridized carbons (Fsp3) is 0.200. The first-order valence-corrected chi connectivity index (χ1v) is 13.5. The summed E-state index contributed by atoms with van der Waals surface area (Å²) in [5, 5.41) is 5.07. The molecule has 0 unspecified atom stereocenters. The SMILES string of the molecule is CS(=O)(=O)Nc1ccccc1-c1ccc(N2CCC[C@@H](NC(=O)Nc3ccc(Cl)cc3F)C2=O)cc1F. The van der Waals surface area contributed by atoms with Crippen LogP contribution in [0.15, 0.2) is 60.7 Å². The maximum atomic E-state index is 15.2. The zero-order chi connectivity index (χ0) is 26.7. The number of para-hydroxylation sites is 1. The molecule has 3 aromatic carbocycles. The maximum absolute atomic E-state index is 15.2. The number of nitrogens with zero attached hydrogens (tertiary/aromatic N) is 1. The normalized spacial score (nSPS) is 15.8. The Bertz CT molecular complexity index is 1470. The third-order valence-electron chi connectivity index (χ3n) is 5.70. The van der Waals surface area contributed by atoms with E-state index in [0.29, 0.717) is 24.9 Å². The number of piperidine rings is 1. The molecule has 12 heteroatoms. The molecule has 1 fully saturated rings. The van der Waals surface area contributed by atoms with Crippen LogP contribution in [0.2, 0.25) is 5.02 Å². The molecule has 3 amide bonds. The molecule has 3 aromatic rings. The van der Waals surface area contributed by atoms with Crippen molar-refractivity contribution in [3.05, 3.63) is 77.3 Å². The van der Waals surface area contributed by atoms with Gasteiger partial charge in [0, 0.05) is 28.4 Å². The first kappa shape index (κ1) is 26.4. The average Bonchev–Trinajstić information content (AvgIpc) is 2.82. The van der Waals surface area contributed by atoms with Gasteiger partial charge in [0.2, 0.25) is 15.9 Å². The lowest BCUT2D eigenvalue weighted by atomic mass is 10.0. The number of hydrogen-bond donors (Lipinski definition) is 3. The Hall–Kier alpha value is -3.70. The zero-order valence-electron chi connectivity index (χ0n) is 19.6. The fourth-order valence-corrected chi connectivity index (χ4v) is 4.81. The first-order chi connectivity index (χ1) is 17.5. The van der Waals surface area contributed by atoms with E-state index in [4.69, 9.17) is 11.6 Å². The van der Waals surface area contributed by atoms with Crippen LogP contribution in [-0.2, 0) is 14.8 Å². The van der Waals surface area contributed by atoms with Crippen LogP contribution >= 0.6 is 11.6 Å². The van der Waals surface area contributed by atoms with Gasteiger partial charge in [0.25, 0.3) is 0 Å². The van der Waals surface area contributed by atoms with Gasteiger partial charge in [-0.05, 0) is 55.3 Å². The molecule has 0 spiro atoms. The molecule has 0 aliphatic carbocycles. The second-order valence-corrected chi connectivity index (χ2v) is 10.7. The summed E-state index contributed by atoms with van der Waals surface area (Å²) in [7, 11) is -3.59. The molecular weight excluding hydrogens is 526 g/mol. The van der Waals surface area contributed by atoms with Crippen LogP contribution in [0.4, 0.5) is 30.6 Å². The van der Waals surface area contributed by atoms with Crippen LogP contribution in [0.5, 0.6) is 0 Å². The number of sulfonamides is 1. The first-order valence-electron chi connectivity index (χ1n) is 11.2. The maximum Gasteiger partial charge on any atom is 0.319 e. The van der Waals surface area contributed by atoms with Crippen molar-refractivity contribution in [1.29, 1.82) is 0 Å². The lowest BCUT2D eigenvalue weighted by Gasteiger charge is -2.32. The van der Waals surface area contributed by atoms with E-state index in [1.165, 1.54) is 35.2 Å². The number of benzene rings is 3. The Morgan fingerprint density at radius 2 is 1.76 bits per heavy atom. The Morgan fingerprint density at radius 3 is 2.46 bits per heavy atom. The van der Waals surface area contributed by atoms with Gasteiger partial charge in [-0.2, -0.15) is 0 Å². The number of rotatable bonds is 6. The average molecular weight is 549 g/mol. The third-order valence-corrected chi connectivity index (χ3v) is 6.53. The minimum absolute atomic E-state index is 0.0923. The molecule has 37 heavy (non-hydrogen) atoms. The summed E-state index contributed by atoms with van der Waals surface area (Å²) in [4.78, 5) is 26.9. The molecule has 0 bridgehead atoms. The van der Waals surface area contributed by atoms with Crippen molar-refractivity contribution in [1.82, 2.24) is 5.32 Å². The van der Waals surface area contributed by atoms with Crippen LogP contribution in [-0.4, -0.2) is 39.2 Å². The largest absolute Gasteiger partial charge is 0.326 e. The predicted molar refractivity (Wildman–Crippen MR) is 139 cm³/mol. The predicted octanol–water partition coefficient (Wildman–Crippen LogP) is 4.97. The summed E-state index contributed by atoms with van der Waals surface area (Å²) in [6, 6.07) is 12.7. The minimum Gasteiger partial charge on any atom is -0.326 e. The minimum atomic E-state index is -3.59. The van der Waals surface area contributed by atoms with Gasteiger partial charge in [-0.25, -0.2) is 22.0 Å². The fourth-order valence-electron chi connectivity index (χ4n) is 4.07. The van der Waals surface area contributed by atoms with Gasteiger partial charge in [0.15, 0.2) is 0 Å². The summed E-state index contributed by atoms with van der Waals surface area (Å²) in [5.41, 5.74) is 0.908. The van der Waals surface area contributed by atoms with E-state index in [0.717, 1.165) is 12.3 Å². The quantitative estimate of drug-likeness (QED) is 0.404. The highest BCUT2D eigenvalue weighted by Gasteiger charge is 2.31. The molecule has 1 heterocycles. The second-order valence-electron chi connectivity index (χ2n) is 8.49. The van der Waals surface area contributed by atoms with Gasteiger partial charge in [0.1, 0.15) is 17.7 Å². The molecule has 3 N–H and O–H groups in total. The standard InChI is InChI=1S/C25H23ClF2N4O4S/c1-37(35,36)31-21-6-3-2-5-18(21)17-10-9-16(14-19(17)27)32-12-4-7-23(24(32)33)30-25(34)29-22-11-8-15(26)13-20(22)28/h2-3,5-6,8-11,13-14,23,31H,4,7,12H2,1H3,(H2,29,30,34)/t23-/m1/s1.